The van der Waals surface area contributed by atoms with Gasteiger partial charge in [-0.15, -0.1) is 0 Å². The molecule has 0 amide bonds. The molecule has 26 heavy (non-hydrogen) atoms. The third kappa shape index (κ3) is 3.33. The lowest BCUT2D eigenvalue weighted by Crippen LogP contribution is -2.48. The Bertz CT molecular complexity index is 892. The number of esters is 1. The number of carbonyl (C=O) groups is 1. The van der Waals surface area contributed by atoms with Crippen molar-refractivity contribution in [3.63, 3.8) is 0 Å². The van der Waals surface area contributed by atoms with Gasteiger partial charge in [0, 0.05) is 31.3 Å². The van der Waals surface area contributed by atoms with Gasteiger partial charge in [-0.3, -0.25) is 0 Å². The summed E-state index contributed by atoms with van der Waals surface area (Å²) >= 11 is 0. The second kappa shape index (κ2) is 7.48. The minimum atomic E-state index is -3.94. The molecule has 9 heteroatoms. The van der Waals surface area contributed by atoms with Gasteiger partial charge in [0.2, 0.25) is 5.09 Å². The molecule has 0 spiro atoms. The van der Waals surface area contributed by atoms with Gasteiger partial charge in [0.05, 0.1) is 25.8 Å². The summed E-state index contributed by atoms with van der Waals surface area (Å²) in [4.78, 5) is 11.6. The molecule has 1 aromatic carbocycles. The first-order valence-electron chi connectivity index (χ1n) is 8.01. The van der Waals surface area contributed by atoms with E-state index in [1.54, 1.807) is 13.2 Å². The zero-order valence-corrected chi connectivity index (χ0v) is 15.3. The van der Waals surface area contributed by atoms with E-state index in [2.05, 4.69) is 10.1 Å². The summed E-state index contributed by atoms with van der Waals surface area (Å²) in [6, 6.07) is 8.00. The molecule has 3 rings (SSSR count). The van der Waals surface area contributed by atoms with Crippen LogP contribution in [0.5, 0.6) is 5.75 Å². The van der Waals surface area contributed by atoms with Crippen molar-refractivity contribution in [2.45, 2.75) is 11.1 Å². The molecule has 1 fully saturated rings. The van der Waals surface area contributed by atoms with Gasteiger partial charge >= 0.3 is 5.97 Å². The second-order valence-corrected chi connectivity index (χ2v) is 7.55. The maximum Gasteiger partial charge on any atom is 0.341 e. The Morgan fingerprint density at radius 2 is 2.08 bits per heavy atom. The zero-order valence-electron chi connectivity index (χ0n) is 14.5. The molecule has 8 nitrogen and oxygen atoms in total. The number of benzene rings is 1. The number of para-hydroxylation sites is 1. The van der Waals surface area contributed by atoms with Crippen LogP contribution in [0, 0.1) is 0 Å². The number of carbonyl (C=O) groups excluding carboxylic acids is 1. The Balaban J connectivity index is 1.99. The monoisotopic (exact) mass is 380 g/mol. The third-order valence-electron chi connectivity index (χ3n) is 4.25. The number of hydrogen-bond donors (Lipinski definition) is 1. The van der Waals surface area contributed by atoms with E-state index in [9.17, 15) is 13.2 Å². The van der Waals surface area contributed by atoms with Gasteiger partial charge in [0.25, 0.3) is 10.0 Å². The number of ether oxygens (including phenoxy) is 2. The van der Waals surface area contributed by atoms with E-state index >= 15 is 0 Å². The standard InChI is InChI=1S/C17H20N2O6S/c1-23-15-6-4-3-5-13(15)14-10-18-7-8-19(14)26(21,22)16-9-12(11-25-16)17(20)24-2/h3-6,9,11,14,18H,7-8,10H2,1-2H3. The van der Waals surface area contributed by atoms with Crippen LogP contribution in [-0.4, -0.2) is 52.5 Å². The highest BCUT2D eigenvalue weighted by Crippen LogP contribution is 2.34. The summed E-state index contributed by atoms with van der Waals surface area (Å²) < 4.78 is 42.7. The Morgan fingerprint density at radius 1 is 1.31 bits per heavy atom. The number of methoxy groups -OCH3 is 2. The topological polar surface area (TPSA) is 98.1 Å². The highest BCUT2D eigenvalue weighted by Gasteiger charge is 2.37. The van der Waals surface area contributed by atoms with Crippen LogP contribution < -0.4 is 10.1 Å². The predicted molar refractivity (Wildman–Crippen MR) is 92.5 cm³/mol. The summed E-state index contributed by atoms with van der Waals surface area (Å²) in [6.45, 7) is 1.21. The summed E-state index contributed by atoms with van der Waals surface area (Å²) in [6.07, 6.45) is 1.08. The molecule has 0 aliphatic carbocycles. The van der Waals surface area contributed by atoms with Crippen molar-refractivity contribution >= 4 is 16.0 Å². The van der Waals surface area contributed by atoms with E-state index in [0.717, 1.165) is 11.8 Å². The van der Waals surface area contributed by atoms with Crippen molar-refractivity contribution < 1.29 is 27.1 Å². The third-order valence-corrected chi connectivity index (χ3v) is 6.03. The number of sulfonamides is 1. The van der Waals surface area contributed by atoms with Gasteiger partial charge in [-0.05, 0) is 6.07 Å². The number of nitrogens with zero attached hydrogens (tertiary/aromatic N) is 1. The lowest BCUT2D eigenvalue weighted by Gasteiger charge is -2.35. The average Bonchev–Trinajstić information content (AvgIpc) is 3.18. The van der Waals surface area contributed by atoms with E-state index < -0.39 is 22.0 Å². The molecule has 0 bridgehead atoms. The summed E-state index contributed by atoms with van der Waals surface area (Å²) in [5.41, 5.74) is 0.806. The fraction of sp³-hybridized carbons (Fsp3) is 0.353. The fourth-order valence-corrected chi connectivity index (χ4v) is 4.50. The second-order valence-electron chi connectivity index (χ2n) is 5.72. The minimum Gasteiger partial charge on any atom is -0.496 e. The molecule has 1 aromatic heterocycles. The summed E-state index contributed by atoms with van der Waals surface area (Å²) in [5, 5.41) is 2.91. The molecule has 2 heterocycles. The van der Waals surface area contributed by atoms with E-state index in [1.165, 1.54) is 17.5 Å². The van der Waals surface area contributed by atoms with Crippen molar-refractivity contribution in [2.75, 3.05) is 33.9 Å². The van der Waals surface area contributed by atoms with Gasteiger partial charge in [-0.25, -0.2) is 13.2 Å². The van der Waals surface area contributed by atoms with Gasteiger partial charge in [-0.1, -0.05) is 18.2 Å². The van der Waals surface area contributed by atoms with Gasteiger partial charge in [0.1, 0.15) is 12.0 Å². The smallest absolute Gasteiger partial charge is 0.341 e. The lowest BCUT2D eigenvalue weighted by atomic mass is 10.0. The van der Waals surface area contributed by atoms with Crippen LogP contribution in [0.2, 0.25) is 0 Å². The van der Waals surface area contributed by atoms with Crippen molar-refractivity contribution in [3.05, 3.63) is 47.7 Å². The molecule has 1 N–H and O–H groups in total. The van der Waals surface area contributed by atoms with E-state index in [0.29, 0.717) is 18.8 Å². The maximum absolute atomic E-state index is 13.1. The molecule has 0 saturated carbocycles. The zero-order chi connectivity index (χ0) is 18.7. The first kappa shape index (κ1) is 18.4. The van der Waals surface area contributed by atoms with Crippen molar-refractivity contribution in [1.29, 1.82) is 0 Å². The van der Waals surface area contributed by atoms with E-state index in [-0.39, 0.29) is 17.2 Å². The highest BCUT2D eigenvalue weighted by molar-refractivity contribution is 7.89. The van der Waals surface area contributed by atoms with Crippen molar-refractivity contribution in [2.24, 2.45) is 0 Å². The van der Waals surface area contributed by atoms with Crippen LogP contribution in [0.25, 0.3) is 0 Å². The Kier molecular flexibility index (Phi) is 5.30. The SMILES string of the molecule is COC(=O)c1coc(S(=O)(=O)N2CCNCC2c2ccccc2OC)c1. The highest BCUT2D eigenvalue weighted by atomic mass is 32.2. The number of furan rings is 1. The molecule has 1 aliphatic rings. The van der Waals surface area contributed by atoms with Crippen LogP contribution in [0.1, 0.15) is 22.0 Å². The molecule has 1 unspecified atom stereocenters. The Morgan fingerprint density at radius 3 is 2.81 bits per heavy atom. The number of piperazine rings is 1. The largest absolute Gasteiger partial charge is 0.496 e. The lowest BCUT2D eigenvalue weighted by molar-refractivity contribution is 0.0600. The molecule has 2 aromatic rings. The van der Waals surface area contributed by atoms with Gasteiger partial charge in [0.15, 0.2) is 0 Å². The van der Waals surface area contributed by atoms with Crippen molar-refractivity contribution in [1.82, 2.24) is 9.62 Å². The molecule has 1 atom stereocenters. The first-order chi connectivity index (χ1) is 12.5. The molecule has 140 valence electrons. The van der Waals surface area contributed by atoms with Gasteiger partial charge < -0.3 is 19.2 Å². The van der Waals surface area contributed by atoms with Crippen molar-refractivity contribution in [3.8, 4) is 5.75 Å². The molecule has 0 radical (unpaired) electrons. The molecular formula is C17H20N2O6S. The van der Waals surface area contributed by atoms with Crippen LogP contribution >= 0.6 is 0 Å². The van der Waals surface area contributed by atoms with E-state index in [4.69, 9.17) is 9.15 Å². The predicted octanol–water partition coefficient (Wildman–Crippen LogP) is 1.41. The van der Waals surface area contributed by atoms with Crippen LogP contribution in [-0.2, 0) is 14.8 Å². The van der Waals surface area contributed by atoms with Crippen LogP contribution in [0.3, 0.4) is 0 Å². The van der Waals surface area contributed by atoms with Crippen LogP contribution in [0.4, 0.5) is 0 Å². The summed E-state index contributed by atoms with van der Waals surface area (Å²) in [7, 11) is -1.18. The molecule has 1 aliphatic heterocycles. The minimum absolute atomic E-state index is 0.0510. The normalized spacial score (nSPS) is 18.5. The van der Waals surface area contributed by atoms with Crippen LogP contribution in [0.15, 0.2) is 46.1 Å². The molecular weight excluding hydrogens is 360 g/mol. The quantitative estimate of drug-likeness (QED) is 0.783. The number of nitrogens with one attached hydrogen (secondary N) is 1. The number of hydrogen-bond acceptors (Lipinski definition) is 7. The van der Waals surface area contributed by atoms with Gasteiger partial charge in [-0.2, -0.15) is 4.31 Å². The maximum atomic E-state index is 13.1. The Hall–Kier alpha value is -2.36. The summed E-state index contributed by atoms with van der Waals surface area (Å²) in [5.74, 6) is -0.0483. The first-order valence-corrected chi connectivity index (χ1v) is 9.45. The number of rotatable bonds is 5. The Labute approximate surface area is 151 Å². The fourth-order valence-electron chi connectivity index (χ4n) is 2.97. The average molecular weight is 380 g/mol. The molecule has 1 saturated heterocycles. The van der Waals surface area contributed by atoms with E-state index in [1.807, 2.05) is 18.2 Å².